The standard InChI is InChI=1S/C8H8ClNO/c1-10-8(11)6-2-4-7(9)5-3-6/h2-5H,1H3,(H,10,11)/i8-1. The van der Waals surface area contributed by atoms with Crippen molar-refractivity contribution in [2.45, 2.75) is 0 Å². The van der Waals surface area contributed by atoms with Gasteiger partial charge in [0.25, 0.3) is 5.91 Å². The van der Waals surface area contributed by atoms with Crippen molar-refractivity contribution >= 4 is 17.5 Å². The lowest BCUT2D eigenvalue weighted by Crippen LogP contribution is -2.17. The van der Waals surface area contributed by atoms with E-state index in [2.05, 4.69) is 5.32 Å². The normalized spacial score (nSPS) is 9.27. The van der Waals surface area contributed by atoms with Crippen molar-refractivity contribution in [1.82, 2.24) is 5.32 Å². The highest BCUT2D eigenvalue weighted by Crippen LogP contribution is 2.08. The molecule has 2 nitrogen and oxygen atoms in total. The Hall–Kier alpha value is -1.02. The van der Waals surface area contributed by atoms with Gasteiger partial charge in [-0.2, -0.15) is 0 Å². The Kier molecular flexibility index (Phi) is 2.49. The monoisotopic (exact) mass is 168 g/mol. The van der Waals surface area contributed by atoms with Gasteiger partial charge in [-0.1, -0.05) is 11.6 Å². The highest BCUT2D eigenvalue weighted by molar-refractivity contribution is 6.30. The Morgan fingerprint density at radius 2 is 1.91 bits per heavy atom. The van der Waals surface area contributed by atoms with E-state index in [0.29, 0.717) is 10.6 Å². The molecule has 0 saturated carbocycles. The van der Waals surface area contributed by atoms with Crippen LogP contribution in [0.2, 0.25) is 5.02 Å². The molecule has 1 N–H and O–H groups in total. The third kappa shape index (κ3) is 1.95. The lowest BCUT2D eigenvalue weighted by atomic mass is 9.90. The summed E-state index contributed by atoms with van der Waals surface area (Å²) in [5.74, 6) is -0.0957. The fourth-order valence-electron chi connectivity index (χ4n) is 0.746. The minimum Gasteiger partial charge on any atom is -0.355 e. The Bertz CT molecular complexity index is 255. The summed E-state index contributed by atoms with van der Waals surface area (Å²) in [5.41, 5.74) is 0.622. The maximum Gasteiger partial charge on any atom is 0.251 e. The average Bonchev–Trinajstić information content (AvgIpc) is 2.05. The number of benzene rings is 1. The predicted molar refractivity (Wildman–Crippen MR) is 44.8 cm³/mol. The number of halogens is 1. The molecule has 58 valence electrons. The van der Waals surface area contributed by atoms with E-state index in [4.69, 9.17) is 11.6 Å². The summed E-state index contributed by atoms with van der Waals surface area (Å²) in [6.07, 6.45) is 0. The number of amides is 1. The van der Waals surface area contributed by atoms with Crippen LogP contribution in [0.1, 0.15) is 10.4 Å². The van der Waals surface area contributed by atoms with Crippen molar-refractivity contribution in [2.24, 2.45) is 0 Å². The van der Waals surface area contributed by atoms with Gasteiger partial charge in [0.1, 0.15) is 0 Å². The zero-order chi connectivity index (χ0) is 8.27. The van der Waals surface area contributed by atoms with Crippen molar-refractivity contribution in [3.8, 4) is 0 Å². The molecule has 1 aromatic carbocycles. The van der Waals surface area contributed by atoms with Crippen LogP contribution in [-0.2, 0) is 0 Å². The molecular formula is C8H8ClNO. The van der Waals surface area contributed by atoms with Crippen LogP contribution in [0.3, 0.4) is 0 Å². The van der Waals surface area contributed by atoms with Crippen LogP contribution in [0.25, 0.3) is 0 Å². The quantitative estimate of drug-likeness (QED) is 0.680. The summed E-state index contributed by atoms with van der Waals surface area (Å²) >= 11 is 5.63. The molecule has 0 unspecified atom stereocenters. The largest absolute Gasteiger partial charge is 0.355 e. The van der Waals surface area contributed by atoms with Crippen LogP contribution >= 0.6 is 11.6 Å². The van der Waals surface area contributed by atoms with Gasteiger partial charge in [0.05, 0.1) is 0 Å². The topological polar surface area (TPSA) is 29.1 Å². The van der Waals surface area contributed by atoms with E-state index in [9.17, 15) is 4.79 Å². The van der Waals surface area contributed by atoms with E-state index in [1.165, 1.54) is 0 Å². The summed E-state index contributed by atoms with van der Waals surface area (Å²) in [6.45, 7) is 0. The molecule has 0 heterocycles. The lowest BCUT2D eigenvalue weighted by molar-refractivity contribution is 0.0963. The van der Waals surface area contributed by atoms with E-state index in [1.54, 1.807) is 31.3 Å². The van der Waals surface area contributed by atoms with Crippen molar-refractivity contribution in [3.63, 3.8) is 0 Å². The third-order valence-electron chi connectivity index (χ3n) is 1.33. The fourth-order valence-corrected chi connectivity index (χ4v) is 0.872. The molecule has 0 bridgehead atoms. The van der Waals surface area contributed by atoms with Crippen molar-refractivity contribution in [2.75, 3.05) is 7.05 Å². The Morgan fingerprint density at radius 1 is 1.36 bits per heavy atom. The molecule has 0 aliphatic carbocycles. The second-order valence-electron chi connectivity index (χ2n) is 2.09. The molecule has 0 radical (unpaired) electrons. The van der Waals surface area contributed by atoms with Crippen LogP contribution < -0.4 is 5.32 Å². The molecule has 0 spiro atoms. The third-order valence-corrected chi connectivity index (χ3v) is 1.59. The predicted octanol–water partition coefficient (Wildman–Crippen LogP) is 1.70. The van der Waals surface area contributed by atoms with E-state index >= 15 is 0 Å². The van der Waals surface area contributed by atoms with Crippen molar-refractivity contribution in [3.05, 3.63) is 34.9 Å². The fraction of sp³-hybridized carbons (Fsp3) is 0.125. The molecule has 1 amide bonds. The van der Waals surface area contributed by atoms with Crippen LogP contribution in [0.5, 0.6) is 0 Å². The van der Waals surface area contributed by atoms with Gasteiger partial charge in [-0.15, -0.1) is 0 Å². The zero-order valence-electron chi connectivity index (χ0n) is 6.10. The molecule has 11 heavy (non-hydrogen) atoms. The van der Waals surface area contributed by atoms with Crippen LogP contribution in [-0.4, -0.2) is 13.0 Å². The molecule has 0 saturated heterocycles. The minimum atomic E-state index is -0.0957. The first-order valence-corrected chi connectivity index (χ1v) is 3.59. The number of rotatable bonds is 1. The summed E-state index contributed by atoms with van der Waals surface area (Å²) < 4.78 is 0. The Morgan fingerprint density at radius 3 is 2.36 bits per heavy atom. The average molecular weight is 169 g/mol. The van der Waals surface area contributed by atoms with Crippen molar-refractivity contribution in [1.29, 1.82) is 0 Å². The summed E-state index contributed by atoms with van der Waals surface area (Å²) in [4.78, 5) is 11.0. The van der Waals surface area contributed by atoms with Gasteiger partial charge in [-0.3, -0.25) is 4.79 Å². The van der Waals surface area contributed by atoms with E-state index in [0.717, 1.165) is 0 Å². The Balaban J connectivity index is 2.90. The van der Waals surface area contributed by atoms with Crippen molar-refractivity contribution < 1.29 is 4.79 Å². The zero-order valence-corrected chi connectivity index (χ0v) is 6.85. The number of hydrogen-bond donors (Lipinski definition) is 1. The highest BCUT2D eigenvalue weighted by Gasteiger charge is 2.00. The summed E-state index contributed by atoms with van der Waals surface area (Å²) in [5, 5.41) is 3.16. The molecular weight excluding hydrogens is 161 g/mol. The molecule has 1 rings (SSSR count). The smallest absolute Gasteiger partial charge is 0.251 e. The van der Waals surface area contributed by atoms with Crippen LogP contribution in [0, 0.1) is 0 Å². The first-order chi connectivity index (χ1) is 5.24. The second-order valence-corrected chi connectivity index (χ2v) is 2.52. The van der Waals surface area contributed by atoms with E-state index in [-0.39, 0.29) is 5.91 Å². The SMILES string of the molecule is CN[11C](=O)c1ccc(Cl)cc1. The molecule has 1 aromatic rings. The van der Waals surface area contributed by atoms with Gasteiger partial charge in [0.15, 0.2) is 0 Å². The van der Waals surface area contributed by atoms with Gasteiger partial charge in [-0.05, 0) is 24.3 Å². The first kappa shape index (κ1) is 8.08. The number of nitrogens with one attached hydrogen (secondary N) is 1. The lowest BCUT2D eigenvalue weighted by Gasteiger charge is -1.97. The molecule has 3 heteroatoms. The van der Waals surface area contributed by atoms with Crippen LogP contribution in [0.4, 0.5) is 0 Å². The highest BCUT2D eigenvalue weighted by atomic mass is 35.5. The maximum atomic E-state index is 11.0. The molecule has 0 aliphatic heterocycles. The number of carbonyl (C=O) groups is 1. The molecule has 0 atom stereocenters. The Labute approximate surface area is 70.2 Å². The van der Waals surface area contributed by atoms with Gasteiger partial charge in [0, 0.05) is 17.6 Å². The van der Waals surface area contributed by atoms with E-state index < -0.39 is 0 Å². The van der Waals surface area contributed by atoms with Crippen LogP contribution in [0.15, 0.2) is 24.3 Å². The maximum absolute atomic E-state index is 11.0. The molecule has 0 aromatic heterocycles. The summed E-state index contributed by atoms with van der Waals surface area (Å²) in [7, 11) is 1.59. The first-order valence-electron chi connectivity index (χ1n) is 3.21. The minimum absolute atomic E-state index is 0.0957. The van der Waals surface area contributed by atoms with E-state index in [1.807, 2.05) is 0 Å². The molecule has 0 aliphatic rings. The number of carbonyl (C=O) groups excluding carboxylic acids is 1. The number of hydrogen-bond acceptors (Lipinski definition) is 1. The van der Waals surface area contributed by atoms with Gasteiger partial charge in [0.2, 0.25) is 0 Å². The summed E-state index contributed by atoms with van der Waals surface area (Å²) in [6, 6.07) is 6.74. The van der Waals surface area contributed by atoms with Gasteiger partial charge >= 0.3 is 0 Å². The molecule has 0 fully saturated rings. The van der Waals surface area contributed by atoms with Gasteiger partial charge in [-0.25, -0.2) is 0 Å². The second kappa shape index (κ2) is 3.39. The van der Waals surface area contributed by atoms with Gasteiger partial charge < -0.3 is 5.32 Å².